The van der Waals surface area contributed by atoms with Crippen molar-refractivity contribution in [3.05, 3.63) is 11.1 Å². The molecule has 1 rings (SSSR count). The van der Waals surface area contributed by atoms with Crippen molar-refractivity contribution in [2.24, 2.45) is 5.73 Å². The topological polar surface area (TPSA) is 72.0 Å². The van der Waals surface area contributed by atoms with Crippen LogP contribution >= 0.6 is 11.5 Å². The summed E-state index contributed by atoms with van der Waals surface area (Å²) in [6, 6.07) is 0. The molecule has 0 saturated carbocycles. The largest absolute Gasteiger partial charge is 0.387 e. The quantitative estimate of drug-likeness (QED) is 0.647. The van der Waals surface area contributed by atoms with E-state index in [1.165, 1.54) is 11.5 Å². The highest BCUT2D eigenvalue weighted by Crippen LogP contribution is 2.12. The van der Waals surface area contributed by atoms with Crippen molar-refractivity contribution < 1.29 is 5.11 Å². The summed E-state index contributed by atoms with van der Waals surface area (Å²) < 4.78 is 3.62. The average Bonchev–Trinajstić information content (AvgIpc) is 2.38. The van der Waals surface area contributed by atoms with Crippen molar-refractivity contribution in [1.29, 1.82) is 0 Å². The van der Waals surface area contributed by atoms with E-state index in [9.17, 15) is 5.11 Å². The van der Waals surface area contributed by atoms with Gasteiger partial charge in [0, 0.05) is 5.38 Å². The second-order valence-corrected chi connectivity index (χ2v) is 2.53. The van der Waals surface area contributed by atoms with Crippen LogP contribution in [-0.2, 0) is 0 Å². The van der Waals surface area contributed by atoms with Crippen LogP contribution in [0.1, 0.15) is 18.2 Å². The van der Waals surface area contributed by atoms with E-state index in [4.69, 9.17) is 5.73 Å². The van der Waals surface area contributed by atoms with Crippen LogP contribution in [0.4, 0.5) is 0 Å². The van der Waals surface area contributed by atoms with Gasteiger partial charge in [-0.25, -0.2) is 0 Å². The number of nitrogens with two attached hydrogens (primary N) is 1. The molecule has 3 N–H and O–H groups in total. The van der Waals surface area contributed by atoms with Gasteiger partial charge in [0.15, 0.2) is 0 Å². The first kappa shape index (κ1) is 7.59. The van der Waals surface area contributed by atoms with Gasteiger partial charge in [0.05, 0.1) is 6.10 Å². The fourth-order valence-corrected chi connectivity index (χ4v) is 1.12. The van der Waals surface area contributed by atoms with Gasteiger partial charge in [-0.15, -0.1) is 5.10 Å². The van der Waals surface area contributed by atoms with Crippen LogP contribution in [0, 0.1) is 0 Å². The van der Waals surface area contributed by atoms with Crippen molar-refractivity contribution >= 4 is 11.5 Å². The predicted molar refractivity (Wildman–Crippen MR) is 38.5 cm³/mol. The van der Waals surface area contributed by atoms with Crippen LogP contribution in [0.5, 0.6) is 0 Å². The first-order chi connectivity index (χ1) is 4.84. The van der Waals surface area contributed by atoms with E-state index in [2.05, 4.69) is 9.59 Å². The maximum absolute atomic E-state index is 9.23. The number of hydrogen-bond acceptors (Lipinski definition) is 5. The zero-order valence-electron chi connectivity index (χ0n) is 5.40. The zero-order chi connectivity index (χ0) is 7.40. The summed E-state index contributed by atoms with van der Waals surface area (Å²) in [5.41, 5.74) is 5.85. The molecule has 0 aliphatic heterocycles. The van der Waals surface area contributed by atoms with E-state index in [-0.39, 0.29) is 0 Å². The molecule has 0 radical (unpaired) electrons. The van der Waals surface area contributed by atoms with Gasteiger partial charge in [0.25, 0.3) is 0 Å². The molecule has 0 fully saturated rings. The number of hydrogen-bond donors (Lipinski definition) is 2. The lowest BCUT2D eigenvalue weighted by Crippen LogP contribution is -2.06. The molecule has 0 amide bonds. The second kappa shape index (κ2) is 3.60. The molecule has 0 aromatic carbocycles. The lowest BCUT2D eigenvalue weighted by atomic mass is 10.2. The van der Waals surface area contributed by atoms with E-state index in [0.717, 1.165) is 0 Å². The Balaban J connectivity index is 2.50. The van der Waals surface area contributed by atoms with Gasteiger partial charge >= 0.3 is 0 Å². The normalized spacial score (nSPS) is 13.4. The molecule has 0 spiro atoms. The standard InChI is InChI=1S/C5H9N3OS/c6-2-1-5(9)4-3-10-8-7-4/h3,5,9H,1-2,6H2/t5-/m1/s1. The van der Waals surface area contributed by atoms with E-state index >= 15 is 0 Å². The van der Waals surface area contributed by atoms with Crippen molar-refractivity contribution in [1.82, 2.24) is 9.59 Å². The monoisotopic (exact) mass is 159 g/mol. The number of aliphatic hydroxyl groups excluding tert-OH is 1. The molecule has 1 atom stereocenters. The molecule has 0 bridgehead atoms. The maximum Gasteiger partial charge on any atom is 0.104 e. The van der Waals surface area contributed by atoms with E-state index in [0.29, 0.717) is 18.7 Å². The lowest BCUT2D eigenvalue weighted by Gasteiger charge is -2.02. The summed E-state index contributed by atoms with van der Waals surface area (Å²) in [6.07, 6.45) is 0.00884. The zero-order valence-corrected chi connectivity index (χ0v) is 6.21. The van der Waals surface area contributed by atoms with Crippen LogP contribution < -0.4 is 5.73 Å². The molecule has 0 aliphatic rings. The van der Waals surface area contributed by atoms with Crippen LogP contribution in [0.15, 0.2) is 5.38 Å². The van der Waals surface area contributed by atoms with E-state index < -0.39 is 6.10 Å². The summed E-state index contributed by atoms with van der Waals surface area (Å²) in [5, 5.41) is 14.7. The summed E-state index contributed by atoms with van der Waals surface area (Å²) in [5.74, 6) is 0. The fraction of sp³-hybridized carbons (Fsp3) is 0.600. The molecule has 4 nitrogen and oxygen atoms in total. The minimum Gasteiger partial charge on any atom is -0.387 e. The van der Waals surface area contributed by atoms with Crippen LogP contribution in [0.2, 0.25) is 0 Å². The van der Waals surface area contributed by atoms with Crippen LogP contribution in [-0.4, -0.2) is 21.2 Å². The highest BCUT2D eigenvalue weighted by molar-refractivity contribution is 7.03. The molecular formula is C5H9N3OS. The van der Waals surface area contributed by atoms with E-state index in [1.54, 1.807) is 5.38 Å². The SMILES string of the molecule is NCC[C@@H](O)c1csnn1. The Hall–Kier alpha value is -0.520. The molecule has 0 saturated heterocycles. The first-order valence-corrected chi connectivity index (χ1v) is 3.83. The average molecular weight is 159 g/mol. The van der Waals surface area contributed by atoms with Crippen LogP contribution in [0.3, 0.4) is 0 Å². The molecular weight excluding hydrogens is 150 g/mol. The van der Waals surface area contributed by atoms with Gasteiger partial charge < -0.3 is 10.8 Å². The Labute approximate surface area is 62.8 Å². The van der Waals surface area contributed by atoms with E-state index in [1.807, 2.05) is 0 Å². The van der Waals surface area contributed by atoms with Crippen molar-refractivity contribution in [3.63, 3.8) is 0 Å². The fourth-order valence-electron chi connectivity index (χ4n) is 0.623. The Kier molecular flexibility index (Phi) is 2.73. The molecule has 5 heteroatoms. The third kappa shape index (κ3) is 1.73. The Morgan fingerprint density at radius 1 is 1.80 bits per heavy atom. The van der Waals surface area contributed by atoms with Gasteiger partial charge in [-0.3, -0.25) is 0 Å². The Morgan fingerprint density at radius 3 is 3.10 bits per heavy atom. The maximum atomic E-state index is 9.23. The predicted octanol–water partition coefficient (Wildman–Crippen LogP) is -0.0797. The summed E-state index contributed by atoms with van der Waals surface area (Å²) in [7, 11) is 0. The highest BCUT2D eigenvalue weighted by Gasteiger charge is 2.07. The summed E-state index contributed by atoms with van der Waals surface area (Å²) in [6.45, 7) is 0.471. The van der Waals surface area contributed by atoms with Crippen LogP contribution in [0.25, 0.3) is 0 Å². The summed E-state index contributed by atoms with van der Waals surface area (Å²) in [4.78, 5) is 0. The number of rotatable bonds is 3. The van der Waals surface area contributed by atoms with Crippen molar-refractivity contribution in [2.45, 2.75) is 12.5 Å². The van der Waals surface area contributed by atoms with Gasteiger partial charge in [-0.1, -0.05) is 4.49 Å². The Bertz CT molecular complexity index is 177. The summed E-state index contributed by atoms with van der Waals surface area (Å²) >= 11 is 1.23. The first-order valence-electron chi connectivity index (χ1n) is 2.99. The molecule has 1 heterocycles. The number of aliphatic hydroxyl groups is 1. The third-order valence-electron chi connectivity index (χ3n) is 1.16. The number of aromatic nitrogens is 2. The van der Waals surface area contributed by atoms with Crippen molar-refractivity contribution in [2.75, 3.05) is 6.54 Å². The smallest absolute Gasteiger partial charge is 0.104 e. The molecule has 56 valence electrons. The van der Waals surface area contributed by atoms with Crippen molar-refractivity contribution in [3.8, 4) is 0 Å². The third-order valence-corrected chi connectivity index (χ3v) is 1.68. The molecule has 0 aliphatic carbocycles. The van der Waals surface area contributed by atoms with Gasteiger partial charge in [0.1, 0.15) is 5.69 Å². The lowest BCUT2D eigenvalue weighted by molar-refractivity contribution is 0.165. The second-order valence-electron chi connectivity index (χ2n) is 1.92. The molecule has 1 aromatic heterocycles. The highest BCUT2D eigenvalue weighted by atomic mass is 32.1. The minimum absolute atomic E-state index is 0.471. The van der Waals surface area contributed by atoms with Gasteiger partial charge in [-0.2, -0.15) is 0 Å². The molecule has 0 unspecified atom stereocenters. The molecule has 10 heavy (non-hydrogen) atoms. The van der Waals surface area contributed by atoms with Gasteiger partial charge in [0.2, 0.25) is 0 Å². The molecule has 1 aromatic rings. The minimum atomic E-state index is -0.538. The van der Waals surface area contributed by atoms with Gasteiger partial charge in [-0.05, 0) is 24.5 Å². The Morgan fingerprint density at radius 2 is 2.60 bits per heavy atom. The number of nitrogens with zero attached hydrogens (tertiary/aromatic N) is 2.